The lowest BCUT2D eigenvalue weighted by Crippen LogP contribution is -2.53. The Kier molecular flexibility index (Phi) is 5.60. The number of carbonyl (C=O) groups excluding carboxylic acids is 1. The van der Waals surface area contributed by atoms with Gasteiger partial charge in [0.1, 0.15) is 0 Å². The first-order valence-electron chi connectivity index (χ1n) is 12.2. The average Bonchev–Trinajstić information content (AvgIpc) is 3.03. The Hall–Kier alpha value is -0.610. The second kappa shape index (κ2) is 7.51. The van der Waals surface area contributed by atoms with Gasteiger partial charge < -0.3 is 14.9 Å². The number of esters is 1. The van der Waals surface area contributed by atoms with Crippen molar-refractivity contribution in [1.82, 2.24) is 0 Å². The van der Waals surface area contributed by atoms with Gasteiger partial charge in [0.05, 0.1) is 7.11 Å². The van der Waals surface area contributed by atoms with Gasteiger partial charge in [-0.15, -0.1) is 0 Å². The minimum absolute atomic E-state index is 0.0700. The van der Waals surface area contributed by atoms with Gasteiger partial charge in [-0.25, -0.2) is 4.79 Å². The van der Waals surface area contributed by atoms with Gasteiger partial charge in [0.25, 0.3) is 5.79 Å². The van der Waals surface area contributed by atoms with Gasteiger partial charge in [-0.1, -0.05) is 33.6 Å². The summed E-state index contributed by atoms with van der Waals surface area (Å²) in [6.45, 7) is 7.20. The number of rotatable bonds is 4. The molecule has 4 aliphatic carbocycles. The third-order valence-corrected chi connectivity index (χ3v) is 10.5. The Labute approximate surface area is 176 Å². The third kappa shape index (κ3) is 3.37. The second-order valence-electron chi connectivity index (χ2n) is 11.6. The van der Waals surface area contributed by atoms with Gasteiger partial charge in [0.15, 0.2) is 0 Å². The lowest BCUT2D eigenvalue weighted by atomic mass is 9.44. The van der Waals surface area contributed by atoms with Crippen LogP contribution in [0.15, 0.2) is 0 Å². The molecule has 4 rings (SSSR count). The summed E-state index contributed by atoms with van der Waals surface area (Å²) < 4.78 is 4.60. The lowest BCUT2D eigenvalue weighted by molar-refractivity contribution is -0.214. The van der Waals surface area contributed by atoms with E-state index in [0.717, 1.165) is 30.1 Å². The topological polar surface area (TPSA) is 66.8 Å². The monoisotopic (exact) mass is 406 g/mol. The first kappa shape index (κ1) is 21.6. The van der Waals surface area contributed by atoms with Crippen molar-refractivity contribution in [3.05, 3.63) is 0 Å². The molecule has 4 saturated carbocycles. The highest BCUT2D eigenvalue weighted by atomic mass is 16.6. The quantitative estimate of drug-likeness (QED) is 0.514. The Morgan fingerprint density at radius 2 is 1.72 bits per heavy atom. The summed E-state index contributed by atoms with van der Waals surface area (Å²) in [5, 5.41) is 20.5. The molecule has 0 unspecified atom stereocenters. The van der Waals surface area contributed by atoms with E-state index in [1.54, 1.807) is 0 Å². The zero-order valence-corrected chi connectivity index (χ0v) is 19.0. The van der Waals surface area contributed by atoms with Crippen LogP contribution in [0, 0.1) is 46.3 Å². The number of carbonyl (C=O) groups is 1. The minimum atomic E-state index is -2.37. The fourth-order valence-electron chi connectivity index (χ4n) is 9.11. The largest absolute Gasteiger partial charge is 0.465 e. The highest BCUT2D eigenvalue weighted by Gasteiger charge is 2.60. The van der Waals surface area contributed by atoms with E-state index < -0.39 is 11.8 Å². The van der Waals surface area contributed by atoms with Gasteiger partial charge in [-0.05, 0) is 97.7 Å². The van der Waals surface area contributed by atoms with E-state index in [1.807, 2.05) is 0 Å². The van der Waals surface area contributed by atoms with E-state index in [0.29, 0.717) is 11.3 Å². The Balaban J connectivity index is 1.51. The summed E-state index contributed by atoms with van der Waals surface area (Å²) in [5.74, 6) is 0.688. The predicted octanol–water partition coefficient (Wildman–Crippen LogP) is 4.92. The first-order chi connectivity index (χ1) is 13.6. The van der Waals surface area contributed by atoms with Crippen molar-refractivity contribution in [2.75, 3.05) is 7.11 Å². The van der Waals surface area contributed by atoms with Crippen LogP contribution in [0.1, 0.15) is 91.4 Å². The predicted molar refractivity (Wildman–Crippen MR) is 113 cm³/mol. The Morgan fingerprint density at radius 1 is 1.00 bits per heavy atom. The van der Waals surface area contributed by atoms with E-state index in [-0.39, 0.29) is 17.8 Å². The molecule has 0 aromatic heterocycles. The molecule has 4 nitrogen and oxygen atoms in total. The van der Waals surface area contributed by atoms with Crippen molar-refractivity contribution in [3.63, 3.8) is 0 Å². The summed E-state index contributed by atoms with van der Waals surface area (Å²) in [6.07, 6.45) is 13.7. The maximum Gasteiger partial charge on any atom is 0.366 e. The number of ether oxygens (including phenoxy) is 1. The molecule has 0 radical (unpaired) electrons. The maximum absolute atomic E-state index is 11.8. The molecule has 0 spiro atoms. The number of methoxy groups -OCH3 is 1. The van der Waals surface area contributed by atoms with Gasteiger partial charge in [0.2, 0.25) is 0 Å². The van der Waals surface area contributed by atoms with Crippen molar-refractivity contribution >= 4 is 5.97 Å². The van der Waals surface area contributed by atoms with E-state index >= 15 is 0 Å². The lowest BCUT2D eigenvalue weighted by Gasteiger charge is -2.61. The van der Waals surface area contributed by atoms with Crippen LogP contribution in [0.5, 0.6) is 0 Å². The van der Waals surface area contributed by atoms with E-state index in [9.17, 15) is 15.0 Å². The molecule has 8 atom stereocenters. The van der Waals surface area contributed by atoms with Crippen LogP contribution in [0.3, 0.4) is 0 Å². The highest BCUT2D eigenvalue weighted by molar-refractivity contribution is 5.76. The highest BCUT2D eigenvalue weighted by Crippen LogP contribution is 2.68. The molecule has 0 amide bonds. The van der Waals surface area contributed by atoms with E-state index in [2.05, 4.69) is 25.5 Å². The van der Waals surface area contributed by atoms with E-state index in [1.165, 1.54) is 64.9 Å². The average molecular weight is 407 g/mol. The molecule has 2 N–H and O–H groups in total. The summed E-state index contributed by atoms with van der Waals surface area (Å²) in [6, 6.07) is 0. The van der Waals surface area contributed by atoms with Gasteiger partial charge >= 0.3 is 5.97 Å². The van der Waals surface area contributed by atoms with Crippen molar-refractivity contribution in [2.45, 2.75) is 97.2 Å². The molecule has 29 heavy (non-hydrogen) atoms. The van der Waals surface area contributed by atoms with Crippen molar-refractivity contribution in [3.8, 4) is 0 Å². The van der Waals surface area contributed by atoms with Crippen LogP contribution >= 0.6 is 0 Å². The molecule has 0 aromatic rings. The molecule has 0 aromatic carbocycles. The first-order valence-corrected chi connectivity index (χ1v) is 12.2. The second-order valence-corrected chi connectivity index (χ2v) is 11.6. The number of fused-ring (bicyclic) bond motifs is 5. The van der Waals surface area contributed by atoms with Crippen molar-refractivity contribution in [1.29, 1.82) is 0 Å². The smallest absolute Gasteiger partial charge is 0.366 e. The summed E-state index contributed by atoms with van der Waals surface area (Å²) >= 11 is 0. The normalized spacial score (nSPS) is 45.7. The summed E-state index contributed by atoms with van der Waals surface area (Å²) in [4.78, 5) is 11.8. The molecular formula is C25H42O4. The number of aliphatic hydroxyl groups is 2. The summed E-state index contributed by atoms with van der Waals surface area (Å²) in [5.41, 5.74) is 0.826. The van der Waals surface area contributed by atoms with Crippen LogP contribution in [0.25, 0.3) is 0 Å². The van der Waals surface area contributed by atoms with Crippen molar-refractivity contribution < 1.29 is 19.7 Å². The third-order valence-electron chi connectivity index (χ3n) is 10.5. The van der Waals surface area contributed by atoms with Gasteiger partial charge in [-0.2, -0.15) is 0 Å². The molecule has 0 bridgehead atoms. The van der Waals surface area contributed by atoms with E-state index in [4.69, 9.17) is 0 Å². The fourth-order valence-corrected chi connectivity index (χ4v) is 9.11. The molecule has 4 aliphatic rings. The van der Waals surface area contributed by atoms with Crippen LogP contribution in [-0.2, 0) is 9.53 Å². The van der Waals surface area contributed by atoms with Crippen LogP contribution in [-0.4, -0.2) is 29.1 Å². The molecule has 4 fully saturated rings. The Bertz CT molecular complexity index is 630. The maximum atomic E-state index is 11.8. The van der Waals surface area contributed by atoms with Crippen LogP contribution < -0.4 is 0 Å². The summed E-state index contributed by atoms with van der Waals surface area (Å²) in [7, 11) is 1.21. The van der Waals surface area contributed by atoms with Crippen LogP contribution in [0.2, 0.25) is 0 Å². The van der Waals surface area contributed by atoms with Gasteiger partial charge in [0, 0.05) is 6.42 Å². The van der Waals surface area contributed by atoms with Crippen LogP contribution in [0.4, 0.5) is 0 Å². The van der Waals surface area contributed by atoms with Crippen molar-refractivity contribution in [2.24, 2.45) is 46.3 Å². The zero-order valence-electron chi connectivity index (χ0n) is 19.0. The fraction of sp³-hybridized carbons (Fsp3) is 0.960. The molecule has 0 saturated heterocycles. The molecule has 0 aliphatic heterocycles. The molecule has 166 valence electrons. The van der Waals surface area contributed by atoms with Gasteiger partial charge in [-0.3, -0.25) is 0 Å². The number of hydrogen-bond acceptors (Lipinski definition) is 4. The molecule has 4 heteroatoms. The zero-order chi connectivity index (χ0) is 21.0. The standard InChI is InChI=1S/C25H42O4/c1-16(15-25(27,28)22(26)29-4)19-10-11-20-18-9-8-17-7-5-6-13-23(17,2)21(18)12-14-24(19,20)3/h16-21,27-28H,5-15H2,1-4H3/t16-,17+,18+,19-,20+,21+,23+,24-/m1/s1. The Morgan fingerprint density at radius 3 is 2.45 bits per heavy atom. The molecule has 0 heterocycles. The number of hydrogen-bond donors (Lipinski definition) is 2. The SMILES string of the molecule is COC(=O)C(O)(O)C[C@@H](C)[C@H]1CC[C@H]2[C@@H]3CC[C@@H]4CCCC[C@]4(C)[C@H]3CC[C@]12C. The minimum Gasteiger partial charge on any atom is -0.465 e. The molecular weight excluding hydrogens is 364 g/mol.